The van der Waals surface area contributed by atoms with Crippen LogP contribution in [0, 0.1) is 0 Å². The van der Waals surface area contributed by atoms with E-state index in [-0.39, 0.29) is 17.4 Å². The molecule has 0 saturated carbocycles. The number of hydrogen-bond acceptors (Lipinski definition) is 2. The minimum absolute atomic E-state index is 0.240. The van der Waals surface area contributed by atoms with E-state index in [1.165, 1.54) is 25.7 Å². The minimum Gasteiger partial charge on any atom is -0.508 e. The topological polar surface area (TPSA) is 40.5 Å². The zero-order valence-electron chi connectivity index (χ0n) is 11.7. The lowest BCUT2D eigenvalue weighted by molar-refractivity contribution is 0.413. The predicted octanol–water partition coefficient (Wildman–Crippen LogP) is 4.95. The number of rotatable bonds is 8. The third-order valence-electron chi connectivity index (χ3n) is 3.51. The van der Waals surface area contributed by atoms with E-state index in [0.717, 1.165) is 24.8 Å². The molecule has 0 fully saturated rings. The molecule has 1 aromatic carbocycles. The van der Waals surface area contributed by atoms with Crippen molar-refractivity contribution in [3.8, 4) is 11.5 Å². The van der Waals surface area contributed by atoms with Gasteiger partial charge in [0.05, 0.1) is 0 Å². The third-order valence-corrected chi connectivity index (χ3v) is 3.51. The van der Waals surface area contributed by atoms with Crippen molar-refractivity contribution in [2.75, 3.05) is 0 Å². The molecule has 0 aliphatic heterocycles. The van der Waals surface area contributed by atoms with E-state index in [4.69, 9.17) is 0 Å². The molecule has 0 saturated heterocycles. The molecule has 0 amide bonds. The molecular weight excluding hydrogens is 224 g/mol. The van der Waals surface area contributed by atoms with Gasteiger partial charge in [-0.3, -0.25) is 0 Å². The van der Waals surface area contributed by atoms with E-state index in [1.807, 2.05) is 0 Å². The van der Waals surface area contributed by atoms with Crippen LogP contribution in [-0.2, 0) is 0 Å². The van der Waals surface area contributed by atoms with Crippen molar-refractivity contribution in [2.45, 2.75) is 64.7 Å². The molecule has 102 valence electrons. The standard InChI is InChI=1S/C16H26O2/c1-3-5-6-7-10-13(9-4-2)16-14(17)11-8-12-15(16)18/h8,11-13,17-18H,3-7,9-10H2,1-2H3. The minimum atomic E-state index is 0.240. The number of unbranched alkanes of at least 4 members (excludes halogenated alkanes) is 3. The number of phenolic OH excluding ortho intramolecular Hbond substituents is 2. The molecule has 0 bridgehead atoms. The van der Waals surface area contributed by atoms with Crippen molar-refractivity contribution < 1.29 is 10.2 Å². The normalized spacial score (nSPS) is 12.6. The Morgan fingerprint density at radius 2 is 1.56 bits per heavy atom. The summed E-state index contributed by atoms with van der Waals surface area (Å²) in [5.74, 6) is 0.765. The van der Waals surface area contributed by atoms with Crippen LogP contribution in [0.3, 0.4) is 0 Å². The Morgan fingerprint density at radius 3 is 2.11 bits per heavy atom. The van der Waals surface area contributed by atoms with E-state index in [2.05, 4.69) is 13.8 Å². The number of aromatic hydroxyl groups is 2. The first-order chi connectivity index (χ1) is 8.70. The Balaban J connectivity index is 2.71. The first-order valence-electron chi connectivity index (χ1n) is 7.21. The van der Waals surface area contributed by atoms with Crippen LogP contribution in [0.5, 0.6) is 11.5 Å². The van der Waals surface area contributed by atoms with Crippen molar-refractivity contribution >= 4 is 0 Å². The first kappa shape index (κ1) is 14.9. The van der Waals surface area contributed by atoms with Gasteiger partial charge in [0.25, 0.3) is 0 Å². The Kier molecular flexibility index (Phi) is 6.63. The Morgan fingerprint density at radius 1 is 0.889 bits per heavy atom. The van der Waals surface area contributed by atoms with Gasteiger partial charge in [-0.15, -0.1) is 0 Å². The fourth-order valence-corrected chi connectivity index (χ4v) is 2.56. The molecule has 0 spiro atoms. The fourth-order valence-electron chi connectivity index (χ4n) is 2.56. The van der Waals surface area contributed by atoms with Crippen molar-refractivity contribution in [1.82, 2.24) is 0 Å². The maximum atomic E-state index is 9.93. The highest BCUT2D eigenvalue weighted by atomic mass is 16.3. The van der Waals surface area contributed by atoms with E-state index in [9.17, 15) is 10.2 Å². The third kappa shape index (κ3) is 4.25. The van der Waals surface area contributed by atoms with Gasteiger partial charge in [-0.05, 0) is 30.9 Å². The van der Waals surface area contributed by atoms with Crippen molar-refractivity contribution in [3.05, 3.63) is 23.8 Å². The van der Waals surface area contributed by atoms with Gasteiger partial charge in [0, 0.05) is 5.56 Å². The second kappa shape index (κ2) is 8.02. The van der Waals surface area contributed by atoms with Crippen LogP contribution in [0.1, 0.15) is 70.3 Å². The molecule has 2 nitrogen and oxygen atoms in total. The van der Waals surface area contributed by atoms with Gasteiger partial charge < -0.3 is 10.2 Å². The lowest BCUT2D eigenvalue weighted by atomic mass is 9.88. The molecule has 2 N–H and O–H groups in total. The largest absolute Gasteiger partial charge is 0.508 e. The average molecular weight is 250 g/mol. The van der Waals surface area contributed by atoms with Crippen LogP contribution in [0.25, 0.3) is 0 Å². The van der Waals surface area contributed by atoms with Crippen molar-refractivity contribution in [2.24, 2.45) is 0 Å². The average Bonchev–Trinajstić information content (AvgIpc) is 2.34. The molecule has 1 atom stereocenters. The van der Waals surface area contributed by atoms with Crippen LogP contribution in [0.15, 0.2) is 18.2 Å². The van der Waals surface area contributed by atoms with Crippen molar-refractivity contribution in [3.63, 3.8) is 0 Å². The summed E-state index contributed by atoms with van der Waals surface area (Å²) in [6, 6.07) is 5.03. The van der Waals surface area contributed by atoms with Gasteiger partial charge in [-0.25, -0.2) is 0 Å². The second-order valence-electron chi connectivity index (χ2n) is 5.04. The number of hydrogen-bond donors (Lipinski definition) is 2. The zero-order valence-corrected chi connectivity index (χ0v) is 11.7. The summed E-state index contributed by atoms with van der Waals surface area (Å²) in [7, 11) is 0. The maximum absolute atomic E-state index is 9.93. The van der Waals surface area contributed by atoms with E-state index < -0.39 is 0 Å². The summed E-state index contributed by atoms with van der Waals surface area (Å²) in [5.41, 5.74) is 0.746. The monoisotopic (exact) mass is 250 g/mol. The summed E-state index contributed by atoms with van der Waals surface area (Å²) in [6.45, 7) is 4.36. The Labute approximate surface area is 111 Å². The van der Waals surface area contributed by atoms with Crippen LogP contribution < -0.4 is 0 Å². The summed E-state index contributed by atoms with van der Waals surface area (Å²) < 4.78 is 0. The van der Waals surface area contributed by atoms with E-state index in [1.54, 1.807) is 18.2 Å². The van der Waals surface area contributed by atoms with Crippen molar-refractivity contribution in [1.29, 1.82) is 0 Å². The van der Waals surface area contributed by atoms with Crippen LogP contribution >= 0.6 is 0 Å². The molecule has 1 rings (SSSR count). The van der Waals surface area contributed by atoms with Crippen LogP contribution in [-0.4, -0.2) is 10.2 Å². The van der Waals surface area contributed by atoms with Crippen LogP contribution in [0.4, 0.5) is 0 Å². The van der Waals surface area contributed by atoms with Gasteiger partial charge in [0.1, 0.15) is 11.5 Å². The van der Waals surface area contributed by atoms with E-state index in [0.29, 0.717) is 0 Å². The molecule has 18 heavy (non-hydrogen) atoms. The fraction of sp³-hybridized carbons (Fsp3) is 0.625. The summed E-state index contributed by atoms with van der Waals surface area (Å²) in [5, 5.41) is 19.9. The Bertz CT molecular complexity index is 327. The smallest absolute Gasteiger partial charge is 0.122 e. The molecular formula is C16H26O2. The summed E-state index contributed by atoms with van der Waals surface area (Å²) >= 11 is 0. The predicted molar refractivity (Wildman–Crippen MR) is 76.2 cm³/mol. The molecule has 0 aliphatic carbocycles. The van der Waals surface area contributed by atoms with E-state index >= 15 is 0 Å². The highest BCUT2D eigenvalue weighted by Crippen LogP contribution is 2.38. The lowest BCUT2D eigenvalue weighted by Gasteiger charge is -2.19. The maximum Gasteiger partial charge on any atom is 0.122 e. The zero-order chi connectivity index (χ0) is 13.4. The molecule has 2 heteroatoms. The molecule has 1 unspecified atom stereocenters. The van der Waals surface area contributed by atoms with Gasteiger partial charge in [0.15, 0.2) is 0 Å². The number of phenols is 2. The van der Waals surface area contributed by atoms with Gasteiger partial charge in [-0.1, -0.05) is 52.0 Å². The molecule has 1 aromatic rings. The quantitative estimate of drug-likeness (QED) is 0.641. The highest BCUT2D eigenvalue weighted by Gasteiger charge is 2.18. The molecule has 0 radical (unpaired) electrons. The number of benzene rings is 1. The molecule has 0 heterocycles. The Hall–Kier alpha value is -1.18. The van der Waals surface area contributed by atoms with Gasteiger partial charge >= 0.3 is 0 Å². The summed E-state index contributed by atoms with van der Waals surface area (Å²) in [4.78, 5) is 0. The molecule has 0 aromatic heterocycles. The first-order valence-corrected chi connectivity index (χ1v) is 7.21. The molecule has 0 aliphatic rings. The second-order valence-corrected chi connectivity index (χ2v) is 5.04. The SMILES string of the molecule is CCCCCCC(CCC)c1c(O)cccc1O. The summed E-state index contributed by atoms with van der Waals surface area (Å²) in [6.07, 6.45) is 8.08. The van der Waals surface area contributed by atoms with Gasteiger partial charge in [0.2, 0.25) is 0 Å². The highest BCUT2D eigenvalue weighted by molar-refractivity contribution is 5.45. The van der Waals surface area contributed by atoms with Crippen LogP contribution in [0.2, 0.25) is 0 Å². The van der Waals surface area contributed by atoms with Gasteiger partial charge in [-0.2, -0.15) is 0 Å². The lowest BCUT2D eigenvalue weighted by Crippen LogP contribution is -2.00.